The van der Waals surface area contributed by atoms with Crippen LogP contribution in [-0.4, -0.2) is 20.7 Å². The van der Waals surface area contributed by atoms with Crippen molar-refractivity contribution in [3.63, 3.8) is 0 Å². The van der Waals surface area contributed by atoms with Crippen molar-refractivity contribution >= 4 is 14.0 Å². The quantitative estimate of drug-likeness (QED) is 0.427. The third-order valence-electron chi connectivity index (χ3n) is 2.93. The summed E-state index contributed by atoms with van der Waals surface area (Å²) >= 11 is 0. The third-order valence-corrected chi connectivity index (χ3v) is 5.30. The molecular weight excluding hydrogens is 216 g/mol. The van der Waals surface area contributed by atoms with Gasteiger partial charge in [-0.15, -0.1) is 0 Å². The highest BCUT2D eigenvalue weighted by atomic mass is 28.3. The van der Waals surface area contributed by atoms with Gasteiger partial charge in [0.05, 0.1) is 8.07 Å². The summed E-state index contributed by atoms with van der Waals surface area (Å²) in [7, 11) is -1.28. The molecule has 1 aliphatic rings. The van der Waals surface area contributed by atoms with Crippen LogP contribution in [0.1, 0.15) is 26.7 Å². The second-order valence-electron chi connectivity index (χ2n) is 5.54. The first-order chi connectivity index (χ1) is 7.30. The van der Waals surface area contributed by atoms with Gasteiger partial charge in [0.25, 0.3) is 0 Å². The van der Waals surface area contributed by atoms with E-state index in [2.05, 4.69) is 32.6 Å². The summed E-state index contributed by atoms with van der Waals surface area (Å²) in [6, 6.07) is 0. The average Bonchev–Trinajstić information content (AvgIpc) is 2.12. The Hall–Kier alpha value is -0.833. The number of allylic oxidation sites excluding steroid dienone is 3. The van der Waals surface area contributed by atoms with Crippen molar-refractivity contribution in [3.05, 3.63) is 22.4 Å². The van der Waals surface area contributed by atoms with E-state index in [-0.39, 0.29) is 5.97 Å². The van der Waals surface area contributed by atoms with Gasteiger partial charge in [-0.1, -0.05) is 36.5 Å². The summed E-state index contributed by atoms with van der Waals surface area (Å²) in [5.74, 6) is -0.186. The van der Waals surface area contributed by atoms with Gasteiger partial charge in [-0.25, -0.2) is 0 Å². The number of carbonyl (C=O) groups is 1. The minimum Gasteiger partial charge on any atom is -0.461 e. The minimum absolute atomic E-state index is 0.186. The monoisotopic (exact) mass is 238 g/mol. The number of hydrogen-bond acceptors (Lipinski definition) is 2. The second kappa shape index (κ2) is 5.00. The van der Waals surface area contributed by atoms with Gasteiger partial charge in [-0.3, -0.25) is 4.79 Å². The first-order valence-corrected chi connectivity index (χ1v) is 9.31. The Morgan fingerprint density at radius 2 is 2.06 bits per heavy atom. The fraction of sp³-hybridized carbons (Fsp3) is 0.615. The minimum atomic E-state index is -1.28. The first kappa shape index (κ1) is 13.2. The summed E-state index contributed by atoms with van der Waals surface area (Å²) in [5.41, 5.74) is 2.73. The Bertz CT molecular complexity index is 345. The van der Waals surface area contributed by atoms with Crippen LogP contribution in [-0.2, 0) is 9.53 Å². The Morgan fingerprint density at radius 1 is 1.44 bits per heavy atom. The van der Waals surface area contributed by atoms with Gasteiger partial charge in [0.1, 0.15) is 6.61 Å². The van der Waals surface area contributed by atoms with Crippen LogP contribution in [0.3, 0.4) is 0 Å². The van der Waals surface area contributed by atoms with Crippen molar-refractivity contribution in [1.82, 2.24) is 0 Å². The van der Waals surface area contributed by atoms with Crippen LogP contribution in [0.15, 0.2) is 22.4 Å². The summed E-state index contributed by atoms with van der Waals surface area (Å²) in [5, 5.41) is 1.55. The molecule has 0 aromatic heterocycles. The third kappa shape index (κ3) is 3.63. The molecule has 0 spiro atoms. The van der Waals surface area contributed by atoms with E-state index < -0.39 is 8.07 Å². The average molecular weight is 238 g/mol. The van der Waals surface area contributed by atoms with Crippen LogP contribution in [0, 0.1) is 0 Å². The van der Waals surface area contributed by atoms with Crippen molar-refractivity contribution in [2.45, 2.75) is 46.3 Å². The van der Waals surface area contributed by atoms with Gasteiger partial charge >= 0.3 is 5.97 Å². The lowest BCUT2D eigenvalue weighted by atomic mass is 10.00. The first-order valence-electron chi connectivity index (χ1n) is 5.81. The Labute approximate surface area is 99.4 Å². The van der Waals surface area contributed by atoms with Crippen molar-refractivity contribution < 1.29 is 9.53 Å². The van der Waals surface area contributed by atoms with Crippen LogP contribution < -0.4 is 0 Å². The molecule has 1 rings (SSSR count). The lowest BCUT2D eigenvalue weighted by molar-refractivity contribution is -0.140. The van der Waals surface area contributed by atoms with Gasteiger partial charge in [-0.2, -0.15) is 0 Å². The molecule has 3 heteroatoms. The molecule has 90 valence electrons. The molecule has 0 N–H and O–H groups in total. The van der Waals surface area contributed by atoms with Crippen molar-refractivity contribution in [2.75, 3.05) is 6.61 Å². The van der Waals surface area contributed by atoms with Gasteiger partial charge in [-0.05, 0) is 25.3 Å². The van der Waals surface area contributed by atoms with E-state index in [1.807, 2.05) is 0 Å². The molecule has 0 saturated heterocycles. The van der Waals surface area contributed by atoms with E-state index in [1.165, 1.54) is 18.1 Å². The standard InChI is InChI=1S/C13H22O2Si/c1-10-6-7-13(16(3,4)5)12(8-10)9-15-11(2)14/h6H,7-9H2,1-5H3. The van der Waals surface area contributed by atoms with Crippen LogP contribution in [0.5, 0.6) is 0 Å². The van der Waals surface area contributed by atoms with Gasteiger partial charge in [0, 0.05) is 6.92 Å². The molecule has 1 aliphatic carbocycles. The lowest BCUT2D eigenvalue weighted by Crippen LogP contribution is -2.28. The van der Waals surface area contributed by atoms with Crippen LogP contribution >= 0.6 is 0 Å². The van der Waals surface area contributed by atoms with Gasteiger partial charge in [0.2, 0.25) is 0 Å². The molecule has 0 atom stereocenters. The molecule has 16 heavy (non-hydrogen) atoms. The number of ether oxygens (including phenoxy) is 1. The Balaban J connectivity index is 2.86. The summed E-state index contributed by atoms with van der Waals surface area (Å²) in [6.07, 6.45) is 4.34. The fourth-order valence-electron chi connectivity index (χ4n) is 2.10. The molecule has 0 radical (unpaired) electrons. The lowest BCUT2D eigenvalue weighted by Gasteiger charge is -2.28. The highest BCUT2D eigenvalue weighted by Gasteiger charge is 2.25. The molecule has 0 amide bonds. The molecule has 0 bridgehead atoms. The molecule has 0 aliphatic heterocycles. The van der Waals surface area contributed by atoms with Crippen molar-refractivity contribution in [1.29, 1.82) is 0 Å². The zero-order valence-corrected chi connectivity index (χ0v) is 12.0. The zero-order valence-electron chi connectivity index (χ0n) is 11.0. The van der Waals surface area contributed by atoms with E-state index in [0.717, 1.165) is 12.8 Å². The Kier molecular flexibility index (Phi) is 4.13. The van der Waals surface area contributed by atoms with Crippen molar-refractivity contribution in [3.8, 4) is 0 Å². The number of esters is 1. The summed E-state index contributed by atoms with van der Waals surface area (Å²) in [6.45, 7) is 11.2. The van der Waals surface area contributed by atoms with E-state index in [4.69, 9.17) is 4.74 Å². The maximum Gasteiger partial charge on any atom is 0.302 e. The molecular formula is C13H22O2Si. The SMILES string of the molecule is CC(=O)OCC1=C([Si](C)(C)C)CC=C(C)C1. The highest BCUT2D eigenvalue weighted by Crippen LogP contribution is 2.31. The van der Waals surface area contributed by atoms with Crippen molar-refractivity contribution in [2.24, 2.45) is 0 Å². The maximum atomic E-state index is 10.9. The normalized spacial score (nSPS) is 17.2. The molecule has 2 nitrogen and oxygen atoms in total. The van der Waals surface area contributed by atoms with Gasteiger partial charge < -0.3 is 4.74 Å². The maximum absolute atomic E-state index is 10.9. The smallest absolute Gasteiger partial charge is 0.302 e. The molecule has 0 heterocycles. The number of carbonyl (C=O) groups excluding carboxylic acids is 1. The Morgan fingerprint density at radius 3 is 2.56 bits per heavy atom. The van der Waals surface area contributed by atoms with E-state index in [0.29, 0.717) is 6.61 Å². The molecule has 0 aromatic carbocycles. The fourth-order valence-corrected chi connectivity index (χ4v) is 4.04. The molecule has 0 saturated carbocycles. The summed E-state index contributed by atoms with van der Waals surface area (Å²) < 4.78 is 5.15. The predicted molar refractivity (Wildman–Crippen MR) is 70.0 cm³/mol. The predicted octanol–water partition coefficient (Wildman–Crippen LogP) is 3.46. The number of hydrogen-bond donors (Lipinski definition) is 0. The largest absolute Gasteiger partial charge is 0.461 e. The molecule has 0 aromatic rings. The van der Waals surface area contributed by atoms with E-state index in [9.17, 15) is 4.79 Å². The van der Waals surface area contributed by atoms with Gasteiger partial charge in [0.15, 0.2) is 0 Å². The van der Waals surface area contributed by atoms with Crippen LogP contribution in [0.2, 0.25) is 19.6 Å². The van der Waals surface area contributed by atoms with E-state index >= 15 is 0 Å². The summed E-state index contributed by atoms with van der Waals surface area (Å²) in [4.78, 5) is 10.9. The molecule has 0 fully saturated rings. The topological polar surface area (TPSA) is 26.3 Å². The second-order valence-corrected chi connectivity index (χ2v) is 10.6. The molecule has 0 unspecified atom stereocenters. The highest BCUT2D eigenvalue weighted by molar-refractivity contribution is 6.83. The zero-order chi connectivity index (χ0) is 12.3. The number of rotatable bonds is 3. The van der Waals surface area contributed by atoms with Crippen LogP contribution in [0.25, 0.3) is 0 Å². The van der Waals surface area contributed by atoms with E-state index in [1.54, 1.807) is 5.20 Å². The van der Waals surface area contributed by atoms with Crippen LogP contribution in [0.4, 0.5) is 0 Å².